The molecule has 3 aromatic carbocycles. The van der Waals surface area contributed by atoms with Crippen LogP contribution in [-0.2, 0) is 14.4 Å². The van der Waals surface area contributed by atoms with Gasteiger partial charge in [-0.2, -0.15) is 0 Å². The number of fused-ring (bicyclic) bond motifs is 1. The Morgan fingerprint density at radius 2 is 1.66 bits per heavy atom. The Bertz CT molecular complexity index is 1180. The van der Waals surface area contributed by atoms with Crippen LogP contribution in [0.5, 0.6) is 11.5 Å². The van der Waals surface area contributed by atoms with Crippen LogP contribution < -0.4 is 14.7 Å². The van der Waals surface area contributed by atoms with Crippen LogP contribution >= 0.6 is 15.9 Å². The van der Waals surface area contributed by atoms with Gasteiger partial charge in [-0.05, 0) is 54.1 Å². The molecule has 162 valence electrons. The fourth-order valence-electron chi connectivity index (χ4n) is 4.28. The maximum absolute atomic E-state index is 13.6. The molecule has 0 unspecified atom stereocenters. The van der Waals surface area contributed by atoms with E-state index in [0.29, 0.717) is 11.3 Å². The number of para-hydroxylation sites is 1. The highest BCUT2D eigenvalue weighted by Gasteiger charge is 2.60. The topological polar surface area (TPSA) is 79.3 Å². The normalized spacial score (nSPS) is 22.4. The third-order valence-electron chi connectivity index (χ3n) is 5.76. The number of aromatic hydroxyl groups is 1. The minimum Gasteiger partial charge on any atom is -0.504 e. The molecule has 3 atom stereocenters. The molecule has 2 aliphatic rings. The number of nitrogens with zero attached hydrogens (tertiary/aromatic N) is 2. The van der Waals surface area contributed by atoms with E-state index < -0.39 is 24.0 Å². The zero-order valence-corrected chi connectivity index (χ0v) is 18.6. The highest BCUT2D eigenvalue weighted by molar-refractivity contribution is 9.10. The number of hydrogen-bond donors (Lipinski definition) is 1. The fourth-order valence-corrected chi connectivity index (χ4v) is 4.54. The lowest BCUT2D eigenvalue weighted by Crippen LogP contribution is -2.37. The lowest BCUT2D eigenvalue weighted by Gasteiger charge is -2.29. The first-order valence-electron chi connectivity index (χ1n) is 10.0. The van der Waals surface area contributed by atoms with Crippen LogP contribution in [0.25, 0.3) is 0 Å². The number of carbonyl (C=O) groups excluding carboxylic acids is 2. The largest absolute Gasteiger partial charge is 0.504 e. The van der Waals surface area contributed by atoms with E-state index in [1.54, 1.807) is 41.5 Å². The molecule has 0 aromatic heterocycles. The molecular weight excluding hydrogens is 476 g/mol. The molecule has 2 amide bonds. The van der Waals surface area contributed by atoms with E-state index in [1.165, 1.54) is 18.1 Å². The number of rotatable bonds is 4. The van der Waals surface area contributed by atoms with Crippen molar-refractivity contribution in [1.29, 1.82) is 0 Å². The number of hydrogen-bond acceptors (Lipinski definition) is 6. The zero-order chi connectivity index (χ0) is 22.4. The number of ether oxygens (including phenoxy) is 1. The number of halogens is 1. The summed E-state index contributed by atoms with van der Waals surface area (Å²) in [7, 11) is 1.46. The van der Waals surface area contributed by atoms with E-state index >= 15 is 0 Å². The number of anilines is 2. The smallest absolute Gasteiger partial charge is 0.266 e. The number of hydroxylamine groups is 1. The summed E-state index contributed by atoms with van der Waals surface area (Å²) in [5.41, 5.74) is 1.90. The van der Waals surface area contributed by atoms with Gasteiger partial charge >= 0.3 is 0 Å². The maximum Gasteiger partial charge on any atom is 0.266 e. The maximum atomic E-state index is 13.6. The van der Waals surface area contributed by atoms with Crippen molar-refractivity contribution in [2.24, 2.45) is 5.92 Å². The molecular formula is C24H19BrN2O5. The van der Waals surface area contributed by atoms with Gasteiger partial charge in [0.05, 0.1) is 24.5 Å². The number of methoxy groups -OCH3 is 1. The molecule has 8 heteroatoms. The molecule has 1 N–H and O–H groups in total. The van der Waals surface area contributed by atoms with Crippen LogP contribution in [-0.4, -0.2) is 30.1 Å². The average molecular weight is 495 g/mol. The van der Waals surface area contributed by atoms with Gasteiger partial charge in [-0.25, -0.2) is 9.96 Å². The Morgan fingerprint density at radius 1 is 0.938 bits per heavy atom. The summed E-state index contributed by atoms with van der Waals surface area (Å²) in [5.74, 6) is -1.24. The highest BCUT2D eigenvalue weighted by Crippen LogP contribution is 2.48. The third kappa shape index (κ3) is 3.23. The summed E-state index contributed by atoms with van der Waals surface area (Å²) in [6.45, 7) is 0. The van der Waals surface area contributed by atoms with Gasteiger partial charge in [-0.3, -0.25) is 14.4 Å². The number of amides is 2. The molecule has 0 bridgehead atoms. The summed E-state index contributed by atoms with van der Waals surface area (Å²) in [4.78, 5) is 34.2. The second kappa shape index (κ2) is 7.96. The van der Waals surface area contributed by atoms with Crippen LogP contribution in [0.2, 0.25) is 0 Å². The number of benzene rings is 3. The van der Waals surface area contributed by atoms with Crippen molar-refractivity contribution in [2.75, 3.05) is 17.1 Å². The van der Waals surface area contributed by atoms with E-state index in [4.69, 9.17) is 9.57 Å². The molecule has 3 aromatic rings. The predicted octanol–water partition coefficient (Wildman–Crippen LogP) is 4.21. The molecule has 0 spiro atoms. The van der Waals surface area contributed by atoms with Crippen LogP contribution in [0.15, 0.2) is 77.3 Å². The molecule has 0 saturated carbocycles. The lowest BCUT2D eigenvalue weighted by molar-refractivity contribution is -0.126. The average Bonchev–Trinajstić information content (AvgIpc) is 3.32. The Morgan fingerprint density at radius 3 is 2.34 bits per heavy atom. The summed E-state index contributed by atoms with van der Waals surface area (Å²) in [5, 5.41) is 11.7. The molecule has 2 saturated heterocycles. The third-order valence-corrected chi connectivity index (χ3v) is 6.28. The number of imide groups is 1. The Kier molecular flexibility index (Phi) is 5.11. The van der Waals surface area contributed by atoms with Gasteiger partial charge in [0.1, 0.15) is 5.92 Å². The Labute approximate surface area is 192 Å². The molecule has 7 nitrogen and oxygen atoms in total. The Hall–Kier alpha value is -3.36. The highest BCUT2D eigenvalue weighted by atomic mass is 79.9. The predicted molar refractivity (Wildman–Crippen MR) is 121 cm³/mol. The van der Waals surface area contributed by atoms with Gasteiger partial charge in [0, 0.05) is 4.47 Å². The standard InChI is InChI=1S/C24H19BrN2O5/c1-31-19-13-14(7-12-18(19)28)21-20-22(32-27(21)17-5-3-2-4-6-17)24(30)26(23(20)29)16-10-8-15(25)9-11-16/h2-13,20-22,28H,1H3/t20-,21-,22-/m1/s1. The zero-order valence-electron chi connectivity index (χ0n) is 17.0. The summed E-state index contributed by atoms with van der Waals surface area (Å²) >= 11 is 3.37. The molecule has 2 aliphatic heterocycles. The molecule has 2 fully saturated rings. The van der Waals surface area contributed by atoms with Crippen LogP contribution in [0.3, 0.4) is 0 Å². The van der Waals surface area contributed by atoms with Crippen molar-refractivity contribution in [2.45, 2.75) is 12.1 Å². The molecule has 32 heavy (non-hydrogen) atoms. The second-order valence-corrected chi connectivity index (χ2v) is 8.49. The molecule has 2 heterocycles. The van der Waals surface area contributed by atoms with Gasteiger partial charge in [0.2, 0.25) is 5.91 Å². The first-order valence-corrected chi connectivity index (χ1v) is 10.8. The van der Waals surface area contributed by atoms with Gasteiger partial charge in [-0.15, -0.1) is 0 Å². The number of phenols is 1. The van der Waals surface area contributed by atoms with E-state index in [-0.39, 0.29) is 17.4 Å². The van der Waals surface area contributed by atoms with E-state index in [9.17, 15) is 14.7 Å². The molecule has 0 radical (unpaired) electrons. The van der Waals surface area contributed by atoms with E-state index in [0.717, 1.165) is 10.2 Å². The summed E-state index contributed by atoms with van der Waals surface area (Å²) in [6.07, 6.45) is -0.962. The van der Waals surface area contributed by atoms with Crippen molar-refractivity contribution >= 4 is 39.1 Å². The van der Waals surface area contributed by atoms with Gasteiger partial charge in [0.25, 0.3) is 5.91 Å². The Balaban J connectivity index is 1.60. The van der Waals surface area contributed by atoms with E-state index in [1.807, 2.05) is 30.3 Å². The number of carbonyl (C=O) groups is 2. The van der Waals surface area contributed by atoms with Gasteiger partial charge < -0.3 is 9.84 Å². The first kappa shape index (κ1) is 20.5. The van der Waals surface area contributed by atoms with Crippen LogP contribution in [0.4, 0.5) is 11.4 Å². The van der Waals surface area contributed by atoms with Crippen LogP contribution in [0, 0.1) is 5.92 Å². The van der Waals surface area contributed by atoms with Crippen molar-refractivity contribution in [3.05, 3.63) is 82.8 Å². The molecule has 5 rings (SSSR count). The quantitative estimate of drug-likeness (QED) is 0.547. The number of phenolic OH excluding ortho intramolecular Hbond substituents is 1. The van der Waals surface area contributed by atoms with Crippen LogP contribution in [0.1, 0.15) is 11.6 Å². The van der Waals surface area contributed by atoms with E-state index in [2.05, 4.69) is 15.9 Å². The minimum atomic E-state index is -0.962. The van der Waals surface area contributed by atoms with Gasteiger partial charge in [0.15, 0.2) is 17.6 Å². The monoisotopic (exact) mass is 494 g/mol. The van der Waals surface area contributed by atoms with Crippen molar-refractivity contribution < 1.29 is 24.3 Å². The summed E-state index contributed by atoms with van der Waals surface area (Å²) in [6, 6.07) is 20.6. The SMILES string of the molecule is COc1cc([C@@H]2[C@H]3C(=O)N(c4ccc(Br)cc4)C(=O)[C@@H]3ON2c2ccccc2)ccc1O. The summed E-state index contributed by atoms with van der Waals surface area (Å²) < 4.78 is 6.12. The first-order chi connectivity index (χ1) is 15.5. The minimum absolute atomic E-state index is 0.0108. The van der Waals surface area contributed by atoms with Gasteiger partial charge in [-0.1, -0.05) is 40.2 Å². The second-order valence-electron chi connectivity index (χ2n) is 7.58. The fraction of sp³-hybridized carbons (Fsp3) is 0.167. The van der Waals surface area contributed by atoms with Crippen molar-refractivity contribution in [1.82, 2.24) is 0 Å². The van der Waals surface area contributed by atoms with Crippen molar-refractivity contribution in [3.8, 4) is 11.5 Å². The lowest BCUT2D eigenvalue weighted by atomic mass is 9.90. The van der Waals surface area contributed by atoms with Crippen molar-refractivity contribution in [3.63, 3.8) is 0 Å². The molecule has 0 aliphatic carbocycles.